The lowest BCUT2D eigenvalue weighted by Crippen LogP contribution is -2.38. The monoisotopic (exact) mass is 297 g/mol. The molecule has 1 saturated carbocycles. The van der Waals surface area contributed by atoms with Crippen LogP contribution in [0.4, 0.5) is 0 Å². The number of hydrogen-bond donors (Lipinski definition) is 2. The van der Waals surface area contributed by atoms with Crippen molar-refractivity contribution in [3.63, 3.8) is 0 Å². The van der Waals surface area contributed by atoms with E-state index < -0.39 is 22.0 Å². The molecule has 0 radical (unpaired) electrons. The number of sulfonamides is 1. The number of hydrogen-bond acceptors (Lipinski definition) is 3. The van der Waals surface area contributed by atoms with Gasteiger partial charge in [-0.1, -0.05) is 6.07 Å². The second-order valence-electron chi connectivity index (χ2n) is 5.41. The van der Waals surface area contributed by atoms with Crippen molar-refractivity contribution >= 4 is 16.0 Å². The van der Waals surface area contributed by atoms with Crippen molar-refractivity contribution in [1.29, 1.82) is 0 Å². The van der Waals surface area contributed by atoms with Crippen LogP contribution in [0.2, 0.25) is 0 Å². The molecule has 110 valence electrons. The number of benzene rings is 1. The van der Waals surface area contributed by atoms with Crippen molar-refractivity contribution in [2.24, 2.45) is 5.92 Å². The van der Waals surface area contributed by atoms with Gasteiger partial charge < -0.3 is 5.11 Å². The molecule has 1 aliphatic carbocycles. The normalized spacial score (nSPS) is 16.9. The number of aliphatic carboxylic acids is 1. The van der Waals surface area contributed by atoms with Crippen LogP contribution in [-0.2, 0) is 14.8 Å². The lowest BCUT2D eigenvalue weighted by molar-refractivity contribution is -0.137. The van der Waals surface area contributed by atoms with Gasteiger partial charge in [0.15, 0.2) is 0 Å². The van der Waals surface area contributed by atoms with Crippen molar-refractivity contribution in [1.82, 2.24) is 4.72 Å². The highest BCUT2D eigenvalue weighted by atomic mass is 32.2. The van der Waals surface area contributed by atoms with Gasteiger partial charge in [0.25, 0.3) is 0 Å². The molecule has 6 heteroatoms. The van der Waals surface area contributed by atoms with E-state index in [1.165, 1.54) is 0 Å². The molecule has 0 bridgehead atoms. The Balaban J connectivity index is 2.20. The number of carbonyl (C=O) groups is 1. The van der Waals surface area contributed by atoms with Gasteiger partial charge >= 0.3 is 5.97 Å². The second kappa shape index (κ2) is 5.54. The quantitative estimate of drug-likeness (QED) is 0.839. The standard InChI is InChI=1S/C14H19NO4S/c1-9-3-6-12(7-10(9)2)20(18,19)15-13(8-14(16)17)11-4-5-11/h3,6-7,11,13,15H,4-5,8H2,1-2H3,(H,16,17). The highest BCUT2D eigenvalue weighted by Crippen LogP contribution is 2.34. The number of rotatable bonds is 6. The Morgan fingerprint density at radius 2 is 2.00 bits per heavy atom. The van der Waals surface area contributed by atoms with E-state index in [2.05, 4.69) is 4.72 Å². The zero-order chi connectivity index (χ0) is 14.9. The summed E-state index contributed by atoms with van der Waals surface area (Å²) in [6.07, 6.45) is 1.59. The van der Waals surface area contributed by atoms with Crippen molar-refractivity contribution in [2.75, 3.05) is 0 Å². The predicted octanol–water partition coefficient (Wildman–Crippen LogP) is 1.84. The van der Waals surface area contributed by atoms with Gasteiger partial charge in [-0.2, -0.15) is 0 Å². The van der Waals surface area contributed by atoms with E-state index in [-0.39, 0.29) is 17.2 Å². The Morgan fingerprint density at radius 3 is 2.50 bits per heavy atom. The molecule has 1 aliphatic rings. The fourth-order valence-electron chi connectivity index (χ4n) is 2.14. The minimum absolute atomic E-state index is 0.146. The zero-order valence-electron chi connectivity index (χ0n) is 11.6. The van der Waals surface area contributed by atoms with E-state index in [0.717, 1.165) is 24.0 Å². The van der Waals surface area contributed by atoms with Crippen LogP contribution in [0, 0.1) is 19.8 Å². The largest absolute Gasteiger partial charge is 0.481 e. The minimum Gasteiger partial charge on any atom is -0.481 e. The van der Waals surface area contributed by atoms with Crippen molar-refractivity contribution < 1.29 is 18.3 Å². The first-order chi connectivity index (χ1) is 9.29. The van der Waals surface area contributed by atoms with E-state index in [1.54, 1.807) is 18.2 Å². The Hall–Kier alpha value is -1.40. The fourth-order valence-corrected chi connectivity index (χ4v) is 3.53. The molecule has 0 heterocycles. The second-order valence-corrected chi connectivity index (χ2v) is 7.12. The third-order valence-corrected chi connectivity index (χ3v) is 5.17. The van der Waals surface area contributed by atoms with Crippen molar-refractivity contribution in [3.8, 4) is 0 Å². The SMILES string of the molecule is Cc1ccc(S(=O)(=O)NC(CC(=O)O)C2CC2)cc1C. The summed E-state index contributed by atoms with van der Waals surface area (Å²) in [5.41, 5.74) is 1.92. The third-order valence-electron chi connectivity index (χ3n) is 3.68. The number of carboxylic acids is 1. The van der Waals surface area contributed by atoms with Crippen LogP contribution in [0.1, 0.15) is 30.4 Å². The van der Waals surface area contributed by atoms with Crippen LogP contribution in [0.15, 0.2) is 23.1 Å². The predicted molar refractivity (Wildman–Crippen MR) is 75.0 cm³/mol. The molecule has 1 unspecified atom stereocenters. The van der Waals surface area contributed by atoms with Crippen molar-refractivity contribution in [3.05, 3.63) is 29.3 Å². The van der Waals surface area contributed by atoms with Crippen LogP contribution in [0.25, 0.3) is 0 Å². The van der Waals surface area contributed by atoms with Crippen LogP contribution < -0.4 is 4.72 Å². The molecule has 0 amide bonds. The highest BCUT2D eigenvalue weighted by Gasteiger charge is 2.35. The molecule has 0 spiro atoms. The summed E-state index contributed by atoms with van der Waals surface area (Å²) in [6.45, 7) is 3.76. The van der Waals surface area contributed by atoms with E-state index in [0.29, 0.717) is 0 Å². The zero-order valence-corrected chi connectivity index (χ0v) is 12.4. The molecule has 0 saturated heterocycles. The maximum atomic E-state index is 12.3. The molecule has 1 atom stereocenters. The summed E-state index contributed by atoms with van der Waals surface area (Å²) < 4.78 is 27.2. The summed E-state index contributed by atoms with van der Waals surface area (Å²) in [5, 5.41) is 8.87. The summed E-state index contributed by atoms with van der Waals surface area (Å²) in [5.74, 6) is -0.836. The summed E-state index contributed by atoms with van der Waals surface area (Å²) >= 11 is 0. The van der Waals surface area contributed by atoms with Gasteiger partial charge in [-0.3, -0.25) is 4.79 Å². The maximum absolute atomic E-state index is 12.3. The fraction of sp³-hybridized carbons (Fsp3) is 0.500. The minimum atomic E-state index is -3.66. The Bertz CT molecular complexity index is 620. The first-order valence-corrected chi connectivity index (χ1v) is 8.09. The molecular formula is C14H19NO4S. The Kier molecular flexibility index (Phi) is 4.15. The van der Waals surface area contributed by atoms with Gasteiger partial charge in [0.2, 0.25) is 10.0 Å². The Labute approximate surface area is 119 Å². The number of aryl methyl sites for hydroxylation is 2. The van der Waals surface area contributed by atoms with Gasteiger partial charge in [-0.25, -0.2) is 13.1 Å². The smallest absolute Gasteiger partial charge is 0.304 e. The highest BCUT2D eigenvalue weighted by molar-refractivity contribution is 7.89. The molecule has 0 aliphatic heterocycles. The van der Waals surface area contributed by atoms with Crippen molar-refractivity contribution in [2.45, 2.75) is 44.0 Å². The molecular weight excluding hydrogens is 278 g/mol. The van der Waals surface area contributed by atoms with Gasteiger partial charge in [-0.15, -0.1) is 0 Å². The maximum Gasteiger partial charge on any atom is 0.304 e. The van der Waals surface area contributed by atoms with Crippen LogP contribution in [-0.4, -0.2) is 25.5 Å². The lowest BCUT2D eigenvalue weighted by atomic mass is 10.1. The van der Waals surface area contributed by atoms with Gasteiger partial charge in [-0.05, 0) is 55.9 Å². The first kappa shape index (κ1) is 15.0. The van der Waals surface area contributed by atoms with E-state index >= 15 is 0 Å². The molecule has 1 aromatic rings. The topological polar surface area (TPSA) is 83.5 Å². The van der Waals surface area contributed by atoms with E-state index in [9.17, 15) is 13.2 Å². The number of nitrogens with one attached hydrogen (secondary N) is 1. The van der Waals surface area contributed by atoms with Crippen LogP contribution in [0.3, 0.4) is 0 Å². The first-order valence-electron chi connectivity index (χ1n) is 6.61. The number of carboxylic acid groups (broad SMARTS) is 1. The summed E-state index contributed by atoms with van der Waals surface area (Å²) in [6, 6.07) is 4.41. The molecule has 2 N–H and O–H groups in total. The van der Waals surface area contributed by atoms with E-state index in [1.807, 2.05) is 13.8 Å². The van der Waals surface area contributed by atoms with Gasteiger partial charge in [0.05, 0.1) is 11.3 Å². The average Bonchev–Trinajstić information content (AvgIpc) is 3.14. The van der Waals surface area contributed by atoms with Crippen LogP contribution in [0.5, 0.6) is 0 Å². The molecule has 1 fully saturated rings. The third kappa shape index (κ3) is 3.58. The molecule has 1 aromatic carbocycles. The molecule has 2 rings (SSSR count). The average molecular weight is 297 g/mol. The molecule has 0 aromatic heterocycles. The van der Waals surface area contributed by atoms with Gasteiger partial charge in [0, 0.05) is 6.04 Å². The van der Waals surface area contributed by atoms with E-state index in [4.69, 9.17) is 5.11 Å². The van der Waals surface area contributed by atoms with Gasteiger partial charge in [0.1, 0.15) is 0 Å². The Morgan fingerprint density at radius 1 is 1.35 bits per heavy atom. The van der Waals surface area contributed by atoms with Crippen LogP contribution >= 0.6 is 0 Å². The lowest BCUT2D eigenvalue weighted by Gasteiger charge is -2.17. The summed E-state index contributed by atoms with van der Waals surface area (Å²) in [4.78, 5) is 11.0. The summed E-state index contributed by atoms with van der Waals surface area (Å²) in [7, 11) is -3.66. The molecule has 5 nitrogen and oxygen atoms in total. The molecule has 20 heavy (non-hydrogen) atoms.